The van der Waals surface area contributed by atoms with Crippen molar-refractivity contribution in [1.29, 1.82) is 5.26 Å². The summed E-state index contributed by atoms with van der Waals surface area (Å²) in [6.07, 6.45) is -0.990. The molecule has 172 valence electrons. The Morgan fingerprint density at radius 2 is 2.03 bits per heavy atom. The van der Waals surface area contributed by atoms with Crippen molar-refractivity contribution in [3.63, 3.8) is 0 Å². The number of nitrogens with two attached hydrogens (primary N) is 1. The molecule has 0 saturated carbocycles. The predicted octanol–water partition coefficient (Wildman–Crippen LogP) is 4.14. The number of halogens is 4. The second-order valence-corrected chi connectivity index (χ2v) is 8.20. The monoisotopic (exact) mass is 459 g/mol. The number of piperidine rings is 1. The fourth-order valence-corrected chi connectivity index (χ4v) is 4.54. The van der Waals surface area contributed by atoms with Gasteiger partial charge in [0.25, 0.3) is 0 Å². The van der Waals surface area contributed by atoms with E-state index >= 15 is 4.39 Å². The van der Waals surface area contributed by atoms with Crippen LogP contribution in [-0.4, -0.2) is 46.1 Å². The van der Waals surface area contributed by atoms with Gasteiger partial charge in [-0.05, 0) is 60.1 Å². The summed E-state index contributed by atoms with van der Waals surface area (Å²) < 4.78 is 53.6. The largest absolute Gasteiger partial charge is 0.412 e. The van der Waals surface area contributed by atoms with Crippen LogP contribution in [0.15, 0.2) is 30.6 Å². The Labute approximate surface area is 187 Å². The molecule has 6 nitrogen and oxygen atoms in total. The van der Waals surface area contributed by atoms with Crippen LogP contribution in [0.1, 0.15) is 35.4 Å². The summed E-state index contributed by atoms with van der Waals surface area (Å²) in [6, 6.07) is 4.52. The molecule has 33 heavy (non-hydrogen) atoms. The number of likely N-dealkylation sites (tertiary alicyclic amines) is 1. The summed E-state index contributed by atoms with van der Waals surface area (Å²) >= 11 is 0. The van der Waals surface area contributed by atoms with Gasteiger partial charge in [-0.25, -0.2) is 9.37 Å². The molecular formula is C23H21F4N5O. The molecule has 0 bridgehead atoms. The lowest BCUT2D eigenvalue weighted by Gasteiger charge is -2.34. The molecule has 1 aromatic carbocycles. The van der Waals surface area contributed by atoms with Crippen LogP contribution in [0.3, 0.4) is 0 Å². The zero-order valence-electron chi connectivity index (χ0n) is 17.7. The maximum atomic E-state index is 15.3. The van der Waals surface area contributed by atoms with E-state index in [4.69, 9.17) is 5.73 Å². The van der Waals surface area contributed by atoms with E-state index < -0.39 is 23.9 Å². The number of aryl methyl sites for hydroxylation is 1. The number of pyridine rings is 1. The number of fused-ring (bicyclic) bond motifs is 1. The quantitative estimate of drug-likeness (QED) is 0.575. The van der Waals surface area contributed by atoms with Gasteiger partial charge in [0.05, 0.1) is 5.56 Å². The topological polar surface area (TPSA) is 98.8 Å². The molecule has 1 fully saturated rings. The maximum absolute atomic E-state index is 15.3. The summed E-state index contributed by atoms with van der Waals surface area (Å²) in [7, 11) is 0. The molecule has 3 heterocycles. The van der Waals surface area contributed by atoms with Crippen LogP contribution in [0.25, 0.3) is 22.2 Å². The van der Waals surface area contributed by atoms with Crippen LogP contribution in [0.4, 0.5) is 17.6 Å². The summed E-state index contributed by atoms with van der Waals surface area (Å²) in [6.45, 7) is 1.93. The minimum Gasteiger partial charge on any atom is -0.345 e. The number of benzene rings is 1. The number of aromatic nitrogens is 2. The van der Waals surface area contributed by atoms with E-state index in [1.165, 1.54) is 6.07 Å². The van der Waals surface area contributed by atoms with Crippen LogP contribution >= 0.6 is 0 Å². The second-order valence-electron chi connectivity index (χ2n) is 8.20. The summed E-state index contributed by atoms with van der Waals surface area (Å²) in [4.78, 5) is 20.3. The Morgan fingerprint density at radius 1 is 1.33 bits per heavy atom. The van der Waals surface area contributed by atoms with Gasteiger partial charge in [-0.3, -0.25) is 4.79 Å². The van der Waals surface area contributed by atoms with Crippen LogP contribution < -0.4 is 5.73 Å². The predicted molar refractivity (Wildman–Crippen MR) is 114 cm³/mol. The third kappa shape index (κ3) is 4.16. The number of carbonyl (C=O) groups is 1. The SMILES string of the molecule is Cc1cc(-c2ccnc3[nH]cc(C#N)c23)cc(F)c1C1CCN(C(=O)C(N)C(F)(F)F)CC1. The molecule has 0 radical (unpaired) electrons. The molecule has 3 aromatic rings. The highest BCUT2D eigenvalue weighted by Crippen LogP contribution is 2.37. The third-order valence-corrected chi connectivity index (χ3v) is 6.17. The molecule has 1 aliphatic heterocycles. The lowest BCUT2D eigenvalue weighted by Crippen LogP contribution is -2.53. The molecule has 1 saturated heterocycles. The number of rotatable bonds is 3. The van der Waals surface area contributed by atoms with Crippen molar-refractivity contribution >= 4 is 16.9 Å². The number of nitriles is 1. The normalized spacial score (nSPS) is 16.1. The number of alkyl halides is 3. The number of nitrogens with one attached hydrogen (secondary N) is 1. The molecule has 3 N–H and O–H groups in total. The van der Waals surface area contributed by atoms with Crippen LogP contribution in [0.5, 0.6) is 0 Å². The average Bonchev–Trinajstić information content (AvgIpc) is 3.21. The first-order valence-corrected chi connectivity index (χ1v) is 10.4. The molecule has 0 spiro atoms. The summed E-state index contributed by atoms with van der Waals surface area (Å²) in [5, 5.41) is 10.00. The van der Waals surface area contributed by atoms with Gasteiger partial charge in [0.2, 0.25) is 5.91 Å². The summed E-state index contributed by atoms with van der Waals surface area (Å²) in [5.74, 6) is -1.82. The Kier molecular flexibility index (Phi) is 5.84. The fraction of sp³-hybridized carbons (Fsp3) is 0.348. The Balaban J connectivity index is 1.58. The van der Waals surface area contributed by atoms with Crippen molar-refractivity contribution < 1.29 is 22.4 Å². The van der Waals surface area contributed by atoms with Gasteiger partial charge in [0, 0.05) is 30.9 Å². The minimum atomic E-state index is -4.80. The lowest BCUT2D eigenvalue weighted by atomic mass is 9.84. The van der Waals surface area contributed by atoms with Crippen molar-refractivity contribution in [3.8, 4) is 17.2 Å². The number of aromatic amines is 1. The molecule has 2 aromatic heterocycles. The average molecular weight is 459 g/mol. The molecule has 0 aliphatic carbocycles. The van der Waals surface area contributed by atoms with Gasteiger partial charge >= 0.3 is 6.18 Å². The van der Waals surface area contributed by atoms with Crippen molar-refractivity contribution in [3.05, 3.63) is 53.1 Å². The number of carbonyl (C=O) groups excluding carboxylic acids is 1. The maximum Gasteiger partial charge on any atom is 0.412 e. The van der Waals surface area contributed by atoms with E-state index in [0.717, 1.165) is 4.90 Å². The van der Waals surface area contributed by atoms with Crippen molar-refractivity contribution in [2.45, 2.75) is 37.9 Å². The first-order valence-electron chi connectivity index (χ1n) is 10.4. The zero-order chi connectivity index (χ0) is 23.9. The van der Waals surface area contributed by atoms with Crippen LogP contribution in [0, 0.1) is 24.1 Å². The number of hydrogen-bond acceptors (Lipinski definition) is 4. The summed E-state index contributed by atoms with van der Waals surface area (Å²) in [5.41, 5.74) is 8.43. The number of nitrogens with zero attached hydrogens (tertiary/aromatic N) is 3. The molecule has 1 aliphatic rings. The van der Waals surface area contributed by atoms with Gasteiger partial charge in [-0.1, -0.05) is 6.07 Å². The second kappa shape index (κ2) is 8.48. The number of hydrogen-bond donors (Lipinski definition) is 2. The highest BCUT2D eigenvalue weighted by Gasteiger charge is 2.44. The Bertz CT molecular complexity index is 1230. The van der Waals surface area contributed by atoms with E-state index in [0.29, 0.717) is 51.7 Å². The Morgan fingerprint density at radius 3 is 2.64 bits per heavy atom. The third-order valence-electron chi connectivity index (χ3n) is 6.17. The highest BCUT2D eigenvalue weighted by molar-refractivity contribution is 5.97. The number of H-pyrrole nitrogens is 1. The molecule has 1 unspecified atom stereocenters. The van der Waals surface area contributed by atoms with E-state index in [-0.39, 0.29) is 19.0 Å². The van der Waals surface area contributed by atoms with Crippen molar-refractivity contribution in [1.82, 2.24) is 14.9 Å². The van der Waals surface area contributed by atoms with Crippen molar-refractivity contribution in [2.24, 2.45) is 5.73 Å². The molecule has 4 rings (SSSR count). The molecule has 10 heteroatoms. The number of amides is 1. The zero-order valence-corrected chi connectivity index (χ0v) is 17.7. The smallest absolute Gasteiger partial charge is 0.345 e. The van der Waals surface area contributed by atoms with Gasteiger partial charge in [-0.15, -0.1) is 0 Å². The Hall–Kier alpha value is -3.45. The van der Waals surface area contributed by atoms with Gasteiger partial charge in [-0.2, -0.15) is 18.4 Å². The van der Waals surface area contributed by atoms with Gasteiger partial charge < -0.3 is 15.6 Å². The molecule has 1 atom stereocenters. The van der Waals surface area contributed by atoms with Crippen LogP contribution in [0.2, 0.25) is 0 Å². The first kappa shape index (κ1) is 22.7. The molecule has 1 amide bonds. The van der Waals surface area contributed by atoms with E-state index in [9.17, 15) is 23.2 Å². The van der Waals surface area contributed by atoms with Crippen molar-refractivity contribution in [2.75, 3.05) is 13.1 Å². The standard InChI is InChI=1S/C23H21F4N5O/c1-12-8-14(16-2-5-30-21-19(16)15(10-28)11-31-21)9-17(24)18(12)13-3-6-32(7-4-13)22(33)20(29)23(25,26)27/h2,5,8-9,11,13,20H,3-4,6-7,29H2,1H3,(H,30,31). The minimum absolute atomic E-state index is 0.0772. The lowest BCUT2D eigenvalue weighted by molar-refractivity contribution is -0.170. The first-order chi connectivity index (χ1) is 15.6. The van der Waals surface area contributed by atoms with E-state index in [1.807, 2.05) is 6.07 Å². The van der Waals surface area contributed by atoms with Gasteiger partial charge in [0.15, 0.2) is 6.04 Å². The van der Waals surface area contributed by atoms with Gasteiger partial charge in [0.1, 0.15) is 17.5 Å². The van der Waals surface area contributed by atoms with Crippen LogP contribution in [-0.2, 0) is 4.79 Å². The highest BCUT2D eigenvalue weighted by atomic mass is 19.4. The van der Waals surface area contributed by atoms with E-state index in [2.05, 4.69) is 16.0 Å². The van der Waals surface area contributed by atoms with E-state index in [1.54, 1.807) is 25.4 Å². The molecular weight excluding hydrogens is 438 g/mol. The fourth-order valence-electron chi connectivity index (χ4n) is 4.54.